The van der Waals surface area contributed by atoms with E-state index in [1.54, 1.807) is 6.07 Å². The van der Waals surface area contributed by atoms with Gasteiger partial charge in [0.15, 0.2) is 0 Å². The number of nitrogens with one attached hydrogen (secondary N) is 1. The molecule has 0 unspecified atom stereocenters. The molecule has 0 spiro atoms. The van der Waals surface area contributed by atoms with Crippen molar-refractivity contribution >= 4 is 11.4 Å². The second-order valence-corrected chi connectivity index (χ2v) is 4.26. The Morgan fingerprint density at radius 1 is 1.47 bits per heavy atom. The van der Waals surface area contributed by atoms with Gasteiger partial charge in [0.05, 0.1) is 18.5 Å². The number of anilines is 2. The average Bonchev–Trinajstić information content (AvgIpc) is 2.89. The molecule has 15 heavy (non-hydrogen) atoms. The predicted molar refractivity (Wildman–Crippen MR) is 58.6 cm³/mol. The van der Waals surface area contributed by atoms with Gasteiger partial charge in [-0.25, -0.2) is 4.39 Å². The van der Waals surface area contributed by atoms with Crippen molar-refractivity contribution in [2.24, 2.45) is 0 Å². The summed E-state index contributed by atoms with van der Waals surface area (Å²) in [6.07, 6.45) is 2.14. The van der Waals surface area contributed by atoms with Crippen LogP contribution in [0.1, 0.15) is 19.8 Å². The predicted octanol–water partition coefficient (Wildman–Crippen LogP) is 2.38. The Labute approximate surface area is 88.4 Å². The summed E-state index contributed by atoms with van der Waals surface area (Å²) in [4.78, 5) is 0. The maximum absolute atomic E-state index is 13.5. The molecule has 1 aromatic carbocycles. The first kappa shape index (κ1) is 10.1. The van der Waals surface area contributed by atoms with E-state index in [1.807, 2.05) is 0 Å². The fraction of sp³-hybridized carbons (Fsp3) is 0.455. The Morgan fingerprint density at radius 3 is 2.67 bits per heavy atom. The number of hydrogen-bond donors (Lipinski definition) is 2. The first-order valence-electron chi connectivity index (χ1n) is 4.95. The summed E-state index contributed by atoms with van der Waals surface area (Å²) in [6.45, 7) is 2.06. The highest BCUT2D eigenvalue weighted by Crippen LogP contribution is 2.40. The van der Waals surface area contributed by atoms with Crippen LogP contribution < -0.4 is 15.8 Å². The van der Waals surface area contributed by atoms with Crippen LogP contribution in [0.2, 0.25) is 0 Å². The van der Waals surface area contributed by atoms with Crippen LogP contribution in [0.25, 0.3) is 0 Å². The minimum absolute atomic E-state index is 0.0436. The molecule has 0 saturated heterocycles. The van der Waals surface area contributed by atoms with Crippen LogP contribution in [-0.2, 0) is 0 Å². The first-order chi connectivity index (χ1) is 7.04. The lowest BCUT2D eigenvalue weighted by molar-refractivity contribution is 0.416. The normalized spacial score (nSPS) is 17.3. The van der Waals surface area contributed by atoms with Gasteiger partial charge < -0.3 is 15.8 Å². The summed E-state index contributed by atoms with van der Waals surface area (Å²) in [6, 6.07) is 2.89. The van der Waals surface area contributed by atoms with Crippen molar-refractivity contribution in [3.63, 3.8) is 0 Å². The molecule has 82 valence electrons. The number of halogens is 1. The quantitative estimate of drug-likeness (QED) is 0.753. The standard InChI is InChI=1S/C11H15FN2O/c1-11(3-4-11)14-9-6-10(15-2)8(13)5-7(9)12/h5-6,14H,3-4,13H2,1-2H3. The molecular weight excluding hydrogens is 195 g/mol. The molecule has 1 aromatic rings. The Bertz CT molecular complexity index is 388. The van der Waals surface area contributed by atoms with Crippen molar-refractivity contribution in [1.82, 2.24) is 0 Å². The Kier molecular flexibility index (Phi) is 2.21. The zero-order chi connectivity index (χ0) is 11.1. The summed E-state index contributed by atoms with van der Waals surface area (Å²) in [7, 11) is 1.52. The van der Waals surface area contributed by atoms with Crippen LogP contribution in [0.3, 0.4) is 0 Å². The molecular formula is C11H15FN2O. The molecule has 4 heteroatoms. The van der Waals surface area contributed by atoms with Crippen molar-refractivity contribution in [2.45, 2.75) is 25.3 Å². The van der Waals surface area contributed by atoms with Gasteiger partial charge in [-0.05, 0) is 19.8 Å². The molecule has 0 heterocycles. The van der Waals surface area contributed by atoms with E-state index in [0.717, 1.165) is 12.8 Å². The van der Waals surface area contributed by atoms with E-state index in [1.165, 1.54) is 13.2 Å². The van der Waals surface area contributed by atoms with E-state index in [-0.39, 0.29) is 11.4 Å². The lowest BCUT2D eigenvalue weighted by atomic mass is 10.2. The fourth-order valence-corrected chi connectivity index (χ4v) is 1.48. The molecule has 1 aliphatic carbocycles. The molecule has 1 fully saturated rings. The van der Waals surface area contributed by atoms with Crippen molar-refractivity contribution < 1.29 is 9.13 Å². The Morgan fingerprint density at radius 2 is 2.13 bits per heavy atom. The van der Waals surface area contributed by atoms with Gasteiger partial charge >= 0.3 is 0 Å². The van der Waals surface area contributed by atoms with E-state index in [9.17, 15) is 4.39 Å². The van der Waals surface area contributed by atoms with E-state index >= 15 is 0 Å². The number of ether oxygens (including phenoxy) is 1. The average molecular weight is 210 g/mol. The van der Waals surface area contributed by atoms with Crippen LogP contribution in [0, 0.1) is 5.82 Å². The van der Waals surface area contributed by atoms with Crippen LogP contribution in [0.5, 0.6) is 5.75 Å². The second kappa shape index (κ2) is 3.29. The number of hydrogen-bond acceptors (Lipinski definition) is 3. The van der Waals surface area contributed by atoms with E-state index in [4.69, 9.17) is 10.5 Å². The minimum atomic E-state index is -0.332. The van der Waals surface area contributed by atoms with Crippen molar-refractivity contribution in [3.05, 3.63) is 17.9 Å². The van der Waals surface area contributed by atoms with Crippen LogP contribution in [0.15, 0.2) is 12.1 Å². The van der Waals surface area contributed by atoms with Gasteiger partial charge in [0, 0.05) is 17.7 Å². The summed E-state index contributed by atoms with van der Waals surface area (Å²) < 4.78 is 18.6. The van der Waals surface area contributed by atoms with Crippen molar-refractivity contribution in [1.29, 1.82) is 0 Å². The topological polar surface area (TPSA) is 47.3 Å². The first-order valence-corrected chi connectivity index (χ1v) is 4.95. The zero-order valence-corrected chi connectivity index (χ0v) is 8.93. The molecule has 0 aliphatic heterocycles. The number of benzene rings is 1. The SMILES string of the molecule is COc1cc(NC2(C)CC2)c(F)cc1N. The molecule has 0 atom stereocenters. The lowest BCUT2D eigenvalue weighted by Gasteiger charge is -2.15. The largest absolute Gasteiger partial charge is 0.495 e. The number of rotatable bonds is 3. The Hall–Kier alpha value is -1.45. The fourth-order valence-electron chi connectivity index (χ4n) is 1.48. The van der Waals surface area contributed by atoms with Crippen molar-refractivity contribution in [2.75, 3.05) is 18.2 Å². The van der Waals surface area contributed by atoms with Gasteiger partial charge in [0.25, 0.3) is 0 Å². The van der Waals surface area contributed by atoms with Crippen LogP contribution in [0.4, 0.5) is 15.8 Å². The number of nitrogens with two attached hydrogens (primary N) is 1. The molecule has 3 N–H and O–H groups in total. The molecule has 3 nitrogen and oxygen atoms in total. The zero-order valence-electron chi connectivity index (χ0n) is 8.93. The van der Waals surface area contributed by atoms with Crippen LogP contribution >= 0.6 is 0 Å². The molecule has 0 radical (unpaired) electrons. The highest BCUT2D eigenvalue weighted by atomic mass is 19.1. The maximum atomic E-state index is 13.5. The van der Waals surface area contributed by atoms with Gasteiger partial charge in [-0.3, -0.25) is 0 Å². The lowest BCUT2D eigenvalue weighted by Crippen LogP contribution is -2.17. The third-order valence-electron chi connectivity index (χ3n) is 2.76. The second-order valence-electron chi connectivity index (χ2n) is 4.26. The van der Waals surface area contributed by atoms with Gasteiger partial charge in [0.1, 0.15) is 11.6 Å². The highest BCUT2D eigenvalue weighted by Gasteiger charge is 2.37. The maximum Gasteiger partial charge on any atom is 0.148 e. The van der Waals surface area contributed by atoms with E-state index in [0.29, 0.717) is 17.1 Å². The van der Waals surface area contributed by atoms with Gasteiger partial charge in [-0.2, -0.15) is 0 Å². The van der Waals surface area contributed by atoms with Gasteiger partial charge in [-0.1, -0.05) is 0 Å². The third-order valence-corrected chi connectivity index (χ3v) is 2.76. The number of methoxy groups -OCH3 is 1. The monoisotopic (exact) mass is 210 g/mol. The summed E-state index contributed by atoms with van der Waals surface area (Å²) in [5, 5.41) is 3.15. The van der Waals surface area contributed by atoms with E-state index < -0.39 is 0 Å². The molecule has 1 aliphatic rings. The van der Waals surface area contributed by atoms with Gasteiger partial charge in [0.2, 0.25) is 0 Å². The molecule has 0 amide bonds. The molecule has 0 bridgehead atoms. The molecule has 2 rings (SSSR count). The number of nitrogen functional groups attached to an aromatic ring is 1. The minimum Gasteiger partial charge on any atom is -0.495 e. The molecule has 1 saturated carbocycles. The van der Waals surface area contributed by atoms with Crippen molar-refractivity contribution in [3.8, 4) is 5.75 Å². The summed E-state index contributed by atoms with van der Waals surface area (Å²) >= 11 is 0. The summed E-state index contributed by atoms with van der Waals surface area (Å²) in [5.41, 5.74) is 6.41. The summed E-state index contributed by atoms with van der Waals surface area (Å²) in [5.74, 6) is 0.171. The van der Waals surface area contributed by atoms with Crippen LogP contribution in [-0.4, -0.2) is 12.6 Å². The third kappa shape index (κ3) is 1.98. The van der Waals surface area contributed by atoms with Gasteiger partial charge in [-0.15, -0.1) is 0 Å². The molecule has 0 aromatic heterocycles. The smallest absolute Gasteiger partial charge is 0.148 e. The Balaban J connectivity index is 2.29. The highest BCUT2D eigenvalue weighted by molar-refractivity contribution is 5.63. The van der Waals surface area contributed by atoms with E-state index in [2.05, 4.69) is 12.2 Å².